The smallest absolute Gasteiger partial charge is 0.302 e. The Labute approximate surface area is 167 Å². The molecule has 0 radical (unpaired) electrons. The predicted molar refractivity (Wildman–Crippen MR) is 112 cm³/mol. The summed E-state index contributed by atoms with van der Waals surface area (Å²) in [6.07, 6.45) is 5.01. The van der Waals surface area contributed by atoms with Gasteiger partial charge in [-0.1, -0.05) is 19.9 Å². The van der Waals surface area contributed by atoms with E-state index in [0.29, 0.717) is 29.1 Å². The topological polar surface area (TPSA) is 92.8 Å². The number of hydrogen-bond donors (Lipinski definition) is 2. The number of aromatic amines is 1. The summed E-state index contributed by atoms with van der Waals surface area (Å²) >= 11 is 0. The number of H-pyrrole nitrogens is 1. The van der Waals surface area contributed by atoms with E-state index in [0.717, 1.165) is 11.4 Å². The van der Waals surface area contributed by atoms with E-state index < -0.39 is 0 Å². The van der Waals surface area contributed by atoms with Crippen LogP contribution < -0.4 is 15.6 Å². The molecule has 0 spiro atoms. The monoisotopic (exact) mass is 387 g/mol. The number of fused-ring (bicyclic) bond motifs is 1. The van der Waals surface area contributed by atoms with Crippen LogP contribution in [0.3, 0.4) is 0 Å². The first kappa shape index (κ1) is 18.6. The van der Waals surface area contributed by atoms with Gasteiger partial charge in [-0.2, -0.15) is 4.98 Å². The Hall–Kier alpha value is -3.74. The molecule has 0 atom stereocenters. The molecule has 0 bridgehead atoms. The number of anilines is 1. The SMILES string of the molecule is CC(C)c1ccc(CNc2ccc(Oc3nc4cnccc4c(=O)[nH]3)cc2)nc1. The molecule has 7 nitrogen and oxygen atoms in total. The minimum Gasteiger partial charge on any atom is -0.426 e. The second kappa shape index (κ2) is 8.10. The number of nitrogens with one attached hydrogen (secondary N) is 2. The fourth-order valence-electron chi connectivity index (χ4n) is 2.84. The molecule has 0 saturated heterocycles. The van der Waals surface area contributed by atoms with E-state index in [1.165, 1.54) is 11.8 Å². The van der Waals surface area contributed by atoms with Crippen LogP contribution in [-0.4, -0.2) is 19.9 Å². The maximum atomic E-state index is 12.1. The van der Waals surface area contributed by atoms with Crippen molar-refractivity contribution in [1.29, 1.82) is 0 Å². The molecular formula is C22H21N5O2. The first-order valence-corrected chi connectivity index (χ1v) is 9.39. The number of hydrogen-bond acceptors (Lipinski definition) is 6. The standard InChI is InChI=1S/C22H21N5O2/c1-14(2)15-3-4-17(24-11-15)12-25-16-5-7-18(8-6-16)29-22-26-20-13-23-10-9-19(20)21(28)27-22/h3-11,13-14,25H,12H2,1-2H3,(H,26,27,28). The molecule has 0 aliphatic carbocycles. The second-order valence-corrected chi connectivity index (χ2v) is 6.98. The van der Waals surface area contributed by atoms with Crippen LogP contribution in [0.1, 0.15) is 31.0 Å². The first-order chi connectivity index (χ1) is 14.1. The summed E-state index contributed by atoms with van der Waals surface area (Å²) in [7, 11) is 0. The zero-order valence-corrected chi connectivity index (χ0v) is 16.2. The molecule has 0 saturated carbocycles. The molecular weight excluding hydrogens is 366 g/mol. The highest BCUT2D eigenvalue weighted by molar-refractivity contribution is 5.76. The highest BCUT2D eigenvalue weighted by Gasteiger charge is 2.06. The van der Waals surface area contributed by atoms with Gasteiger partial charge in [-0.05, 0) is 47.9 Å². The predicted octanol–water partition coefficient (Wildman–Crippen LogP) is 4.24. The van der Waals surface area contributed by atoms with Crippen LogP contribution in [0.15, 0.2) is 65.8 Å². The summed E-state index contributed by atoms with van der Waals surface area (Å²) in [5.74, 6) is 1.04. The molecule has 146 valence electrons. The molecule has 3 aromatic heterocycles. The number of pyridine rings is 2. The quantitative estimate of drug-likeness (QED) is 0.514. The van der Waals surface area contributed by atoms with Gasteiger partial charge in [-0.25, -0.2) is 0 Å². The van der Waals surface area contributed by atoms with Gasteiger partial charge in [0.15, 0.2) is 0 Å². The van der Waals surface area contributed by atoms with Crippen LogP contribution in [0.5, 0.6) is 11.8 Å². The molecule has 0 aliphatic rings. The average Bonchev–Trinajstić information content (AvgIpc) is 2.73. The van der Waals surface area contributed by atoms with Crippen molar-refractivity contribution in [1.82, 2.24) is 19.9 Å². The van der Waals surface area contributed by atoms with Crippen molar-refractivity contribution in [2.24, 2.45) is 0 Å². The molecule has 4 aromatic rings. The third kappa shape index (κ3) is 4.40. The Balaban J connectivity index is 1.41. The van der Waals surface area contributed by atoms with Gasteiger partial charge < -0.3 is 10.1 Å². The molecule has 29 heavy (non-hydrogen) atoms. The Morgan fingerprint density at radius 1 is 1.07 bits per heavy atom. The van der Waals surface area contributed by atoms with Crippen LogP contribution in [0.2, 0.25) is 0 Å². The normalized spacial score (nSPS) is 11.0. The minimum atomic E-state index is -0.262. The average molecular weight is 387 g/mol. The van der Waals surface area contributed by atoms with Gasteiger partial charge in [-0.3, -0.25) is 19.7 Å². The van der Waals surface area contributed by atoms with Gasteiger partial charge in [0.05, 0.1) is 29.3 Å². The number of nitrogens with zero attached hydrogens (tertiary/aromatic N) is 3. The maximum absolute atomic E-state index is 12.1. The van der Waals surface area contributed by atoms with Crippen LogP contribution in [0, 0.1) is 0 Å². The van der Waals surface area contributed by atoms with Crippen molar-refractivity contribution in [2.75, 3.05) is 5.32 Å². The van der Waals surface area contributed by atoms with Crippen LogP contribution in [0.25, 0.3) is 10.9 Å². The summed E-state index contributed by atoms with van der Waals surface area (Å²) in [5, 5.41) is 3.81. The Bertz CT molecular complexity index is 1170. The first-order valence-electron chi connectivity index (χ1n) is 9.39. The summed E-state index contributed by atoms with van der Waals surface area (Å²) in [6.45, 7) is 4.93. The number of benzene rings is 1. The Morgan fingerprint density at radius 3 is 2.62 bits per heavy atom. The zero-order chi connectivity index (χ0) is 20.2. The van der Waals surface area contributed by atoms with E-state index in [1.807, 2.05) is 36.5 Å². The molecule has 4 rings (SSSR count). The van der Waals surface area contributed by atoms with Crippen molar-refractivity contribution in [3.8, 4) is 11.8 Å². The van der Waals surface area contributed by atoms with Crippen molar-refractivity contribution in [3.63, 3.8) is 0 Å². The summed E-state index contributed by atoms with van der Waals surface area (Å²) in [5.41, 5.74) is 3.37. The van der Waals surface area contributed by atoms with E-state index in [2.05, 4.69) is 45.2 Å². The third-order valence-corrected chi connectivity index (χ3v) is 4.54. The molecule has 3 heterocycles. The molecule has 2 N–H and O–H groups in total. The highest BCUT2D eigenvalue weighted by atomic mass is 16.5. The second-order valence-electron chi connectivity index (χ2n) is 6.98. The van der Waals surface area contributed by atoms with E-state index >= 15 is 0 Å². The van der Waals surface area contributed by atoms with E-state index in [4.69, 9.17) is 4.74 Å². The van der Waals surface area contributed by atoms with E-state index in [9.17, 15) is 4.79 Å². The maximum Gasteiger partial charge on any atom is 0.302 e. The van der Waals surface area contributed by atoms with Gasteiger partial charge in [0.25, 0.3) is 5.56 Å². The molecule has 0 unspecified atom stereocenters. The molecule has 7 heteroatoms. The van der Waals surface area contributed by atoms with E-state index in [1.54, 1.807) is 12.3 Å². The largest absolute Gasteiger partial charge is 0.426 e. The van der Waals surface area contributed by atoms with E-state index in [-0.39, 0.29) is 11.6 Å². The van der Waals surface area contributed by atoms with Crippen molar-refractivity contribution < 1.29 is 4.74 Å². The Morgan fingerprint density at radius 2 is 1.90 bits per heavy atom. The summed E-state index contributed by atoms with van der Waals surface area (Å²) in [6, 6.07) is 13.3. The van der Waals surface area contributed by atoms with Gasteiger partial charge in [0.1, 0.15) is 5.75 Å². The van der Waals surface area contributed by atoms with Crippen LogP contribution in [-0.2, 0) is 6.54 Å². The Kier molecular flexibility index (Phi) is 5.20. The number of aromatic nitrogens is 4. The minimum absolute atomic E-state index is 0.130. The zero-order valence-electron chi connectivity index (χ0n) is 16.2. The summed E-state index contributed by atoms with van der Waals surface area (Å²) in [4.78, 5) is 27.5. The fraction of sp³-hybridized carbons (Fsp3) is 0.182. The lowest BCUT2D eigenvalue weighted by Crippen LogP contribution is -2.09. The van der Waals surface area contributed by atoms with Gasteiger partial charge >= 0.3 is 6.01 Å². The van der Waals surface area contributed by atoms with Crippen molar-refractivity contribution >= 4 is 16.6 Å². The number of rotatable bonds is 6. The van der Waals surface area contributed by atoms with Crippen molar-refractivity contribution in [3.05, 3.63) is 82.7 Å². The molecule has 1 aromatic carbocycles. The van der Waals surface area contributed by atoms with Crippen LogP contribution in [0.4, 0.5) is 5.69 Å². The molecule has 0 fully saturated rings. The molecule has 0 aliphatic heterocycles. The third-order valence-electron chi connectivity index (χ3n) is 4.54. The van der Waals surface area contributed by atoms with Crippen molar-refractivity contribution in [2.45, 2.75) is 26.3 Å². The lowest BCUT2D eigenvalue weighted by atomic mass is 10.1. The van der Waals surface area contributed by atoms with Crippen LogP contribution >= 0.6 is 0 Å². The lowest BCUT2D eigenvalue weighted by molar-refractivity contribution is 0.443. The molecule has 0 amide bonds. The lowest BCUT2D eigenvalue weighted by Gasteiger charge is -2.09. The highest BCUT2D eigenvalue weighted by Crippen LogP contribution is 2.21. The fourth-order valence-corrected chi connectivity index (χ4v) is 2.84. The number of ether oxygens (including phenoxy) is 1. The van der Waals surface area contributed by atoms with Gasteiger partial charge in [-0.15, -0.1) is 0 Å². The summed E-state index contributed by atoms with van der Waals surface area (Å²) < 4.78 is 5.69. The van der Waals surface area contributed by atoms with Gasteiger partial charge in [0.2, 0.25) is 0 Å². The van der Waals surface area contributed by atoms with Gasteiger partial charge in [0, 0.05) is 18.1 Å².